The summed E-state index contributed by atoms with van der Waals surface area (Å²) in [5.41, 5.74) is 4.75. The molecule has 0 bridgehead atoms. The van der Waals surface area contributed by atoms with Gasteiger partial charge in [0.15, 0.2) is 6.10 Å². The Hall–Kier alpha value is -4.57. The minimum Gasteiger partial charge on any atom is -0.458 e. The van der Waals surface area contributed by atoms with Crippen molar-refractivity contribution in [2.24, 2.45) is 0 Å². The number of amides is 2. The summed E-state index contributed by atoms with van der Waals surface area (Å²) in [6.45, 7) is 2.05. The Kier molecular flexibility index (Phi) is 5.27. The van der Waals surface area contributed by atoms with E-state index in [1.165, 1.54) is 0 Å². The zero-order chi connectivity index (χ0) is 25.8. The number of nitrogens with one attached hydrogen (secondary N) is 2. The van der Waals surface area contributed by atoms with E-state index >= 15 is 0 Å². The Balaban J connectivity index is 1.55. The van der Waals surface area contributed by atoms with Crippen molar-refractivity contribution in [3.05, 3.63) is 69.0 Å². The van der Waals surface area contributed by atoms with Crippen LogP contribution in [0.15, 0.2) is 41.2 Å². The number of rotatable bonds is 5. The Morgan fingerprint density at radius 2 is 2.05 bits per heavy atom. The van der Waals surface area contributed by atoms with Crippen molar-refractivity contribution in [2.75, 3.05) is 11.9 Å². The number of nitrogens with zero attached hydrogens (tertiary/aromatic N) is 2. The fourth-order valence-electron chi connectivity index (χ4n) is 5.41. The number of esters is 1. The highest BCUT2D eigenvalue weighted by Crippen LogP contribution is 2.40. The van der Waals surface area contributed by atoms with Crippen molar-refractivity contribution < 1.29 is 24.2 Å². The number of pyridine rings is 2. The van der Waals surface area contributed by atoms with Crippen LogP contribution in [-0.2, 0) is 38.7 Å². The summed E-state index contributed by atoms with van der Waals surface area (Å²) in [5.74, 6) is -1.11. The molecule has 2 aliphatic rings. The van der Waals surface area contributed by atoms with Crippen LogP contribution in [0.25, 0.3) is 33.1 Å². The van der Waals surface area contributed by atoms with Crippen LogP contribution in [0.1, 0.15) is 35.3 Å². The average Bonchev–Trinajstić information content (AvgIpc) is 3.27. The fourth-order valence-corrected chi connectivity index (χ4v) is 5.41. The van der Waals surface area contributed by atoms with E-state index in [1.807, 2.05) is 31.2 Å². The first-order chi connectivity index (χ1) is 17.9. The van der Waals surface area contributed by atoms with Gasteiger partial charge in [0, 0.05) is 27.6 Å². The first-order valence-corrected chi connectivity index (χ1v) is 11.9. The number of aliphatic hydroxyl groups excluding tert-OH is 1. The second-order valence-electron chi connectivity index (χ2n) is 9.04. The van der Waals surface area contributed by atoms with Crippen LogP contribution in [-0.4, -0.2) is 39.5 Å². The van der Waals surface area contributed by atoms with Gasteiger partial charge in [0.2, 0.25) is 12.3 Å². The summed E-state index contributed by atoms with van der Waals surface area (Å²) in [6.07, 6.45) is -0.356. The van der Waals surface area contributed by atoms with E-state index in [4.69, 9.17) is 9.72 Å². The van der Waals surface area contributed by atoms with Crippen molar-refractivity contribution in [2.45, 2.75) is 32.6 Å². The molecule has 0 spiro atoms. The second kappa shape index (κ2) is 8.52. The van der Waals surface area contributed by atoms with Crippen molar-refractivity contribution in [3.8, 4) is 11.4 Å². The maximum atomic E-state index is 13.3. The number of ether oxygens (including phenoxy) is 1. The molecule has 2 aliphatic heterocycles. The summed E-state index contributed by atoms with van der Waals surface area (Å²) >= 11 is 0. The van der Waals surface area contributed by atoms with Crippen LogP contribution in [0.3, 0.4) is 0 Å². The number of hydrogen-bond donors (Lipinski definition) is 3. The predicted octanol–water partition coefficient (Wildman–Crippen LogP) is 1.92. The van der Waals surface area contributed by atoms with E-state index in [2.05, 4.69) is 10.6 Å². The number of hydrogen-bond acceptors (Lipinski definition) is 7. The van der Waals surface area contributed by atoms with Gasteiger partial charge in [0.1, 0.15) is 6.61 Å². The Labute approximate surface area is 209 Å². The predicted molar refractivity (Wildman–Crippen MR) is 135 cm³/mol. The molecule has 2 amide bonds. The molecule has 2 aromatic heterocycles. The van der Waals surface area contributed by atoms with E-state index in [0.29, 0.717) is 36.5 Å². The maximum absolute atomic E-state index is 13.3. The molecule has 4 aromatic rings. The number of aliphatic hydroxyl groups is 1. The van der Waals surface area contributed by atoms with Gasteiger partial charge in [-0.05, 0) is 35.6 Å². The van der Waals surface area contributed by atoms with Crippen LogP contribution < -0.4 is 16.2 Å². The molecular formula is C27H22N4O6. The van der Waals surface area contributed by atoms with Gasteiger partial charge < -0.3 is 25.0 Å². The van der Waals surface area contributed by atoms with Gasteiger partial charge in [0.05, 0.1) is 35.6 Å². The molecular weight excluding hydrogens is 476 g/mol. The molecule has 2 aromatic carbocycles. The van der Waals surface area contributed by atoms with Crippen molar-refractivity contribution in [3.63, 3.8) is 0 Å². The Morgan fingerprint density at radius 1 is 1.22 bits per heavy atom. The van der Waals surface area contributed by atoms with Gasteiger partial charge in [-0.2, -0.15) is 0 Å². The standard InChI is InChI=1S/C27H22N4O6/c1-2-13-17-10-31-21(8-16-18(26(31)35)11-37-27(36)25(16)34)24(17)30-20-7-6-14-15(23(13)20)4-3-5-19(14)29-22(33)9-28-12-32/h3-8,12,25,34H,2,9-11H2,1H3,(H,28,32)(H,29,33). The molecule has 10 nitrogen and oxygen atoms in total. The molecule has 3 N–H and O–H groups in total. The van der Waals surface area contributed by atoms with Gasteiger partial charge in [-0.25, -0.2) is 9.78 Å². The molecule has 6 rings (SSSR count). The number of aryl methyl sites for hydroxylation is 1. The summed E-state index contributed by atoms with van der Waals surface area (Å²) in [5, 5.41) is 18.2. The fraction of sp³-hybridized carbons (Fsp3) is 0.222. The molecule has 4 heterocycles. The summed E-state index contributed by atoms with van der Waals surface area (Å²) in [6, 6.07) is 11.1. The minimum atomic E-state index is -1.50. The van der Waals surface area contributed by atoms with E-state index in [-0.39, 0.29) is 35.7 Å². The van der Waals surface area contributed by atoms with Crippen molar-refractivity contribution >= 4 is 45.6 Å². The topological polar surface area (TPSA) is 140 Å². The Morgan fingerprint density at radius 3 is 2.84 bits per heavy atom. The number of carbonyl (C=O) groups is 3. The van der Waals surface area contributed by atoms with E-state index < -0.39 is 12.1 Å². The monoisotopic (exact) mass is 498 g/mol. The van der Waals surface area contributed by atoms with Crippen LogP contribution in [0.4, 0.5) is 5.69 Å². The normalized spacial score (nSPS) is 15.6. The molecule has 10 heteroatoms. The quantitative estimate of drug-likeness (QED) is 0.191. The van der Waals surface area contributed by atoms with Crippen LogP contribution >= 0.6 is 0 Å². The highest BCUT2D eigenvalue weighted by atomic mass is 16.5. The SMILES string of the molecule is CCc1c2c(nc3ccc4c(NC(=O)CNC=O)cccc4c13)-c1cc3c(c(=O)n1C2)COC(=O)C3O. The molecule has 37 heavy (non-hydrogen) atoms. The third-order valence-electron chi connectivity index (χ3n) is 7.07. The largest absolute Gasteiger partial charge is 0.458 e. The number of benzene rings is 2. The lowest BCUT2D eigenvalue weighted by Crippen LogP contribution is -2.32. The molecule has 0 saturated heterocycles. The zero-order valence-electron chi connectivity index (χ0n) is 19.8. The highest BCUT2D eigenvalue weighted by molar-refractivity contribution is 6.14. The number of anilines is 1. The number of carbonyl (C=O) groups excluding carboxylic acids is 3. The number of fused-ring (bicyclic) bond motifs is 7. The summed E-state index contributed by atoms with van der Waals surface area (Å²) in [4.78, 5) is 52.9. The molecule has 0 saturated carbocycles. The average molecular weight is 498 g/mol. The van der Waals surface area contributed by atoms with Gasteiger partial charge in [-0.15, -0.1) is 0 Å². The van der Waals surface area contributed by atoms with Crippen molar-refractivity contribution in [1.29, 1.82) is 0 Å². The third-order valence-corrected chi connectivity index (χ3v) is 7.07. The second-order valence-corrected chi connectivity index (χ2v) is 9.04. The van der Waals surface area contributed by atoms with Crippen LogP contribution in [0.5, 0.6) is 0 Å². The van der Waals surface area contributed by atoms with Gasteiger partial charge in [-0.1, -0.05) is 25.1 Å². The van der Waals surface area contributed by atoms with Gasteiger partial charge in [-0.3, -0.25) is 14.4 Å². The molecule has 1 atom stereocenters. The zero-order valence-corrected chi connectivity index (χ0v) is 19.8. The van der Waals surface area contributed by atoms with Gasteiger partial charge in [0.25, 0.3) is 5.56 Å². The number of cyclic esters (lactones) is 1. The highest BCUT2D eigenvalue weighted by Gasteiger charge is 2.34. The van der Waals surface area contributed by atoms with E-state index in [1.54, 1.807) is 16.7 Å². The lowest BCUT2D eigenvalue weighted by molar-refractivity contribution is -0.157. The van der Waals surface area contributed by atoms with E-state index in [0.717, 1.165) is 32.8 Å². The first-order valence-electron chi connectivity index (χ1n) is 11.9. The maximum Gasteiger partial charge on any atom is 0.340 e. The number of aromatic nitrogens is 2. The summed E-state index contributed by atoms with van der Waals surface area (Å²) in [7, 11) is 0. The van der Waals surface area contributed by atoms with Gasteiger partial charge >= 0.3 is 5.97 Å². The third kappa shape index (κ3) is 3.40. The molecule has 186 valence electrons. The van der Waals surface area contributed by atoms with E-state index in [9.17, 15) is 24.3 Å². The lowest BCUT2D eigenvalue weighted by Gasteiger charge is -2.21. The first kappa shape index (κ1) is 22.9. The molecule has 1 unspecified atom stereocenters. The summed E-state index contributed by atoms with van der Waals surface area (Å²) < 4.78 is 6.60. The smallest absolute Gasteiger partial charge is 0.340 e. The molecule has 0 radical (unpaired) electrons. The minimum absolute atomic E-state index is 0.134. The molecule has 0 aliphatic carbocycles. The molecule has 0 fully saturated rings. The van der Waals surface area contributed by atoms with Crippen LogP contribution in [0.2, 0.25) is 0 Å². The van der Waals surface area contributed by atoms with Crippen LogP contribution in [0, 0.1) is 0 Å². The lowest BCUT2D eigenvalue weighted by atomic mass is 9.93. The Bertz CT molecular complexity index is 1720. The van der Waals surface area contributed by atoms with Crippen molar-refractivity contribution in [1.82, 2.24) is 14.9 Å².